The van der Waals surface area contributed by atoms with E-state index in [0.717, 1.165) is 21.4 Å². The molecular formula is C19H17BrN2O2. The molecule has 0 fully saturated rings. The van der Waals surface area contributed by atoms with Crippen LogP contribution in [-0.4, -0.2) is 22.9 Å². The molecule has 3 aromatic rings. The van der Waals surface area contributed by atoms with Crippen molar-refractivity contribution in [2.75, 3.05) is 7.11 Å². The van der Waals surface area contributed by atoms with E-state index in [4.69, 9.17) is 4.74 Å². The zero-order valence-corrected chi connectivity index (χ0v) is 15.1. The van der Waals surface area contributed by atoms with Crippen molar-refractivity contribution in [3.63, 3.8) is 0 Å². The fourth-order valence-electron chi connectivity index (χ4n) is 2.68. The van der Waals surface area contributed by atoms with Crippen LogP contribution in [0.3, 0.4) is 0 Å². The minimum absolute atomic E-state index is 0.359. The highest BCUT2D eigenvalue weighted by Crippen LogP contribution is 2.23. The Labute approximate surface area is 149 Å². The molecule has 24 heavy (non-hydrogen) atoms. The molecular weight excluding hydrogens is 368 g/mol. The average Bonchev–Trinajstić information content (AvgIpc) is 2.93. The number of methoxy groups -OCH3 is 1. The maximum Gasteiger partial charge on any atom is 0.341 e. The summed E-state index contributed by atoms with van der Waals surface area (Å²) in [6, 6.07) is 17.8. The van der Waals surface area contributed by atoms with Crippen LogP contribution in [0.25, 0.3) is 5.69 Å². The lowest BCUT2D eigenvalue weighted by Crippen LogP contribution is -2.09. The van der Waals surface area contributed by atoms with Crippen LogP contribution >= 0.6 is 15.9 Å². The second kappa shape index (κ2) is 7.01. The number of para-hydroxylation sites is 1. The van der Waals surface area contributed by atoms with Gasteiger partial charge in [-0.05, 0) is 36.8 Å². The van der Waals surface area contributed by atoms with Crippen LogP contribution in [-0.2, 0) is 11.2 Å². The van der Waals surface area contributed by atoms with Gasteiger partial charge in [-0.15, -0.1) is 0 Å². The number of aryl methyl sites for hydroxylation is 1. The first-order valence-electron chi connectivity index (χ1n) is 7.57. The second-order valence-corrected chi connectivity index (χ2v) is 6.36. The smallest absolute Gasteiger partial charge is 0.341 e. The second-order valence-electron chi connectivity index (χ2n) is 5.45. The summed E-state index contributed by atoms with van der Waals surface area (Å²) in [5, 5.41) is 4.57. The Bertz CT molecular complexity index is 855. The third kappa shape index (κ3) is 3.26. The lowest BCUT2D eigenvalue weighted by molar-refractivity contribution is 0.0599. The van der Waals surface area contributed by atoms with Crippen LogP contribution in [0.1, 0.15) is 27.3 Å². The summed E-state index contributed by atoms with van der Waals surface area (Å²) in [6.45, 7) is 1.83. The van der Waals surface area contributed by atoms with Gasteiger partial charge in [-0.25, -0.2) is 9.48 Å². The summed E-state index contributed by atoms with van der Waals surface area (Å²) in [4.78, 5) is 12.3. The number of carbonyl (C=O) groups excluding carboxylic acids is 1. The van der Waals surface area contributed by atoms with Gasteiger partial charge in [-0.1, -0.05) is 46.3 Å². The quantitative estimate of drug-likeness (QED) is 0.629. The molecule has 0 atom stereocenters. The molecule has 0 saturated heterocycles. The van der Waals surface area contributed by atoms with Gasteiger partial charge in [0.05, 0.1) is 24.2 Å². The number of benzene rings is 2. The van der Waals surface area contributed by atoms with Gasteiger partial charge in [0.1, 0.15) is 5.56 Å². The van der Waals surface area contributed by atoms with Crippen molar-refractivity contribution >= 4 is 21.9 Å². The standard InChI is InChI=1S/C19H17BrN2O2/c1-13-18(19(23)24-2)17(12-14-8-10-15(20)11-9-14)22(21-13)16-6-4-3-5-7-16/h3-11H,12H2,1-2H3. The molecule has 0 aliphatic rings. The zero-order valence-electron chi connectivity index (χ0n) is 13.5. The highest BCUT2D eigenvalue weighted by atomic mass is 79.9. The summed E-state index contributed by atoms with van der Waals surface area (Å²) in [7, 11) is 1.39. The normalized spacial score (nSPS) is 10.6. The minimum Gasteiger partial charge on any atom is -0.465 e. The van der Waals surface area contributed by atoms with Crippen molar-refractivity contribution < 1.29 is 9.53 Å². The lowest BCUT2D eigenvalue weighted by atomic mass is 10.0. The number of aromatic nitrogens is 2. The number of nitrogens with zero attached hydrogens (tertiary/aromatic N) is 2. The minimum atomic E-state index is -0.359. The van der Waals surface area contributed by atoms with E-state index in [-0.39, 0.29) is 5.97 Å². The van der Waals surface area contributed by atoms with Gasteiger partial charge < -0.3 is 4.74 Å². The molecule has 0 unspecified atom stereocenters. The Balaban J connectivity index is 2.13. The van der Waals surface area contributed by atoms with Gasteiger partial charge in [-0.2, -0.15) is 5.10 Å². The van der Waals surface area contributed by atoms with E-state index >= 15 is 0 Å². The zero-order chi connectivity index (χ0) is 17.1. The maximum absolute atomic E-state index is 12.3. The number of esters is 1. The molecule has 5 heteroatoms. The van der Waals surface area contributed by atoms with Crippen LogP contribution in [0.15, 0.2) is 59.1 Å². The molecule has 3 rings (SSSR count). The van der Waals surface area contributed by atoms with Crippen molar-refractivity contribution in [1.29, 1.82) is 0 Å². The maximum atomic E-state index is 12.3. The average molecular weight is 385 g/mol. The summed E-state index contributed by atoms with van der Waals surface area (Å²) < 4.78 is 7.81. The van der Waals surface area contributed by atoms with Gasteiger partial charge in [0.15, 0.2) is 0 Å². The number of rotatable bonds is 4. The topological polar surface area (TPSA) is 44.1 Å². The van der Waals surface area contributed by atoms with Gasteiger partial charge in [-0.3, -0.25) is 0 Å². The number of ether oxygens (including phenoxy) is 1. The van der Waals surface area contributed by atoms with Crippen molar-refractivity contribution in [2.24, 2.45) is 0 Å². The fraction of sp³-hybridized carbons (Fsp3) is 0.158. The Hall–Kier alpha value is -2.40. The molecule has 0 amide bonds. The molecule has 4 nitrogen and oxygen atoms in total. The molecule has 0 spiro atoms. The largest absolute Gasteiger partial charge is 0.465 e. The first-order chi connectivity index (χ1) is 11.6. The summed E-state index contributed by atoms with van der Waals surface area (Å²) in [5.41, 5.74) is 4.04. The SMILES string of the molecule is COC(=O)c1c(C)nn(-c2ccccc2)c1Cc1ccc(Br)cc1. The molecule has 1 aromatic heterocycles. The summed E-state index contributed by atoms with van der Waals surface area (Å²) in [5.74, 6) is -0.359. The monoisotopic (exact) mass is 384 g/mol. The molecule has 122 valence electrons. The van der Waals surface area contributed by atoms with Gasteiger partial charge in [0.25, 0.3) is 0 Å². The van der Waals surface area contributed by atoms with E-state index in [0.29, 0.717) is 17.7 Å². The molecule has 2 aromatic carbocycles. The van der Waals surface area contributed by atoms with E-state index in [9.17, 15) is 4.79 Å². The predicted octanol–water partition coefficient (Wildman–Crippen LogP) is 4.32. The van der Waals surface area contributed by atoms with Crippen molar-refractivity contribution in [3.8, 4) is 5.69 Å². The van der Waals surface area contributed by atoms with Gasteiger partial charge in [0.2, 0.25) is 0 Å². The molecule has 0 saturated carbocycles. The Morgan fingerprint density at radius 2 is 1.79 bits per heavy atom. The van der Waals surface area contributed by atoms with Crippen LogP contribution in [0.2, 0.25) is 0 Å². The van der Waals surface area contributed by atoms with Crippen LogP contribution in [0, 0.1) is 6.92 Å². The lowest BCUT2D eigenvalue weighted by Gasteiger charge is -2.09. The van der Waals surface area contributed by atoms with Crippen molar-refractivity contribution in [2.45, 2.75) is 13.3 Å². The van der Waals surface area contributed by atoms with Gasteiger partial charge >= 0.3 is 5.97 Å². The van der Waals surface area contributed by atoms with Crippen molar-refractivity contribution in [1.82, 2.24) is 9.78 Å². The van der Waals surface area contributed by atoms with Crippen LogP contribution in [0.4, 0.5) is 0 Å². The predicted molar refractivity (Wildman–Crippen MR) is 96.6 cm³/mol. The Kier molecular flexibility index (Phi) is 4.81. The number of carbonyl (C=O) groups is 1. The van der Waals surface area contributed by atoms with E-state index in [1.807, 2.05) is 66.2 Å². The number of hydrogen-bond acceptors (Lipinski definition) is 3. The molecule has 0 N–H and O–H groups in total. The molecule has 0 aliphatic heterocycles. The van der Waals surface area contributed by atoms with Crippen LogP contribution in [0.5, 0.6) is 0 Å². The van der Waals surface area contributed by atoms with E-state index in [1.54, 1.807) is 0 Å². The van der Waals surface area contributed by atoms with Crippen molar-refractivity contribution in [3.05, 3.63) is 81.6 Å². The Morgan fingerprint density at radius 1 is 1.12 bits per heavy atom. The summed E-state index contributed by atoms with van der Waals surface area (Å²) >= 11 is 3.44. The molecule has 1 heterocycles. The third-order valence-corrected chi connectivity index (χ3v) is 4.36. The number of hydrogen-bond donors (Lipinski definition) is 0. The fourth-order valence-corrected chi connectivity index (χ4v) is 2.95. The summed E-state index contributed by atoms with van der Waals surface area (Å²) in [6.07, 6.45) is 0.591. The number of halogens is 1. The highest BCUT2D eigenvalue weighted by Gasteiger charge is 2.23. The third-order valence-electron chi connectivity index (χ3n) is 3.83. The highest BCUT2D eigenvalue weighted by molar-refractivity contribution is 9.10. The first kappa shape index (κ1) is 16.5. The molecule has 0 radical (unpaired) electrons. The Morgan fingerprint density at radius 3 is 2.42 bits per heavy atom. The van der Waals surface area contributed by atoms with E-state index in [1.165, 1.54) is 7.11 Å². The first-order valence-corrected chi connectivity index (χ1v) is 8.36. The van der Waals surface area contributed by atoms with E-state index < -0.39 is 0 Å². The van der Waals surface area contributed by atoms with Crippen LogP contribution < -0.4 is 0 Å². The van der Waals surface area contributed by atoms with E-state index in [2.05, 4.69) is 21.0 Å². The molecule has 0 bridgehead atoms. The molecule has 0 aliphatic carbocycles. The van der Waals surface area contributed by atoms with Gasteiger partial charge in [0, 0.05) is 10.9 Å².